The maximum Gasteiger partial charge on any atom is 0.0402 e. The Morgan fingerprint density at radius 1 is 1.67 bits per heavy atom. The first-order valence-electron chi connectivity index (χ1n) is 1.83. The fourth-order valence-electron chi connectivity index (χ4n) is 0. The molecule has 3 heteroatoms. The highest BCUT2D eigenvalue weighted by Crippen LogP contribution is 2.07. The highest BCUT2D eigenvalue weighted by Gasteiger charge is 2.02. The van der Waals surface area contributed by atoms with Crippen molar-refractivity contribution in [2.45, 2.75) is 19.1 Å². The Balaban J connectivity index is 3.17. The van der Waals surface area contributed by atoms with Crippen LogP contribution < -0.4 is 11.3 Å². The smallest absolute Gasteiger partial charge is 0.0402 e. The van der Waals surface area contributed by atoms with Crippen LogP contribution in [0.25, 0.3) is 0 Å². The van der Waals surface area contributed by atoms with E-state index in [0.717, 1.165) is 0 Å². The van der Waals surface area contributed by atoms with Crippen molar-refractivity contribution in [3.05, 3.63) is 0 Å². The van der Waals surface area contributed by atoms with E-state index < -0.39 is 0 Å². The van der Waals surface area contributed by atoms with E-state index in [-0.39, 0.29) is 5.28 Å². The molecule has 0 saturated heterocycles. The zero-order chi connectivity index (χ0) is 5.21. The summed E-state index contributed by atoms with van der Waals surface area (Å²) in [6, 6.07) is 0. The molecule has 0 amide bonds. The van der Waals surface area contributed by atoms with Gasteiger partial charge >= 0.3 is 0 Å². The quantitative estimate of drug-likeness (QED) is 0.282. The van der Waals surface area contributed by atoms with Gasteiger partial charge in [0, 0.05) is 5.28 Å². The molecule has 0 aromatic carbocycles. The molecule has 0 aliphatic carbocycles. The van der Waals surface area contributed by atoms with Crippen LogP contribution in [0.5, 0.6) is 0 Å². The van der Waals surface area contributed by atoms with Gasteiger partial charge in [0.25, 0.3) is 0 Å². The average molecular weight is 106 g/mol. The third kappa shape index (κ3) is 4.35. The lowest BCUT2D eigenvalue weighted by atomic mass is 10.4. The van der Waals surface area contributed by atoms with Crippen molar-refractivity contribution in [1.82, 2.24) is 5.43 Å². The molecule has 1 unspecified atom stereocenters. The van der Waals surface area contributed by atoms with Gasteiger partial charge in [-0.1, -0.05) is 0 Å². The molecule has 0 spiro atoms. The van der Waals surface area contributed by atoms with E-state index in [9.17, 15) is 0 Å². The topological polar surface area (TPSA) is 38.0 Å². The largest absolute Gasteiger partial charge is 0.271 e. The number of hydrogen-bond donors (Lipinski definition) is 2. The Morgan fingerprint density at radius 2 is 1.83 bits per heavy atom. The maximum atomic E-state index is 5.03. The molecule has 1 atom stereocenters. The standard InChI is InChI=1S/C3H11N2P/c1-3(2,6)5-4/h5H,4,6H2,1-2H3. The number of nitrogens with one attached hydrogen (secondary N) is 1. The number of hydrogen-bond acceptors (Lipinski definition) is 2. The van der Waals surface area contributed by atoms with E-state index in [0.29, 0.717) is 0 Å². The summed E-state index contributed by atoms with van der Waals surface area (Å²) in [5, 5.41) is -0.0139. The van der Waals surface area contributed by atoms with Crippen LogP contribution in [0.4, 0.5) is 0 Å². The SMILES string of the molecule is CC(C)(P)NN. The lowest BCUT2D eigenvalue weighted by molar-refractivity contribution is 0.564. The van der Waals surface area contributed by atoms with Crippen LogP contribution in [0.2, 0.25) is 0 Å². The minimum atomic E-state index is -0.0139. The monoisotopic (exact) mass is 106 g/mol. The molecule has 0 rings (SSSR count). The van der Waals surface area contributed by atoms with Gasteiger partial charge in [0.1, 0.15) is 0 Å². The molecule has 0 aliphatic rings. The number of nitrogens with two attached hydrogens (primary N) is 1. The third-order valence-corrected chi connectivity index (χ3v) is 0.539. The average Bonchev–Trinajstić information content (AvgIpc) is 1.35. The Hall–Kier alpha value is 0.350. The van der Waals surface area contributed by atoms with E-state index in [1.807, 2.05) is 13.8 Å². The lowest BCUT2D eigenvalue weighted by Gasteiger charge is -2.14. The van der Waals surface area contributed by atoms with Gasteiger partial charge in [-0.3, -0.25) is 11.3 Å². The first-order chi connectivity index (χ1) is 2.56. The summed E-state index contributed by atoms with van der Waals surface area (Å²) in [6.45, 7) is 3.94. The fraction of sp³-hybridized carbons (Fsp3) is 1.00. The van der Waals surface area contributed by atoms with Crippen molar-refractivity contribution >= 4 is 9.24 Å². The molecule has 0 fully saturated rings. The summed E-state index contributed by atoms with van der Waals surface area (Å²) < 4.78 is 0. The molecule has 38 valence electrons. The Morgan fingerprint density at radius 3 is 1.83 bits per heavy atom. The summed E-state index contributed by atoms with van der Waals surface area (Å²) in [7, 11) is 2.56. The van der Waals surface area contributed by atoms with Crippen LogP contribution in [0, 0.1) is 0 Å². The third-order valence-electron chi connectivity index (χ3n) is 0.372. The molecule has 0 saturated carbocycles. The van der Waals surface area contributed by atoms with Crippen LogP contribution in [-0.4, -0.2) is 5.28 Å². The minimum absolute atomic E-state index is 0.0139. The van der Waals surface area contributed by atoms with Gasteiger partial charge in [0.05, 0.1) is 0 Å². The molecule has 0 radical (unpaired) electrons. The molecular weight excluding hydrogens is 95.0 g/mol. The summed E-state index contributed by atoms with van der Waals surface area (Å²) in [6.07, 6.45) is 0. The molecule has 0 aliphatic heterocycles. The Labute approximate surface area is 40.7 Å². The number of hydrazine groups is 1. The first kappa shape index (κ1) is 6.35. The van der Waals surface area contributed by atoms with Crippen LogP contribution in [-0.2, 0) is 0 Å². The molecule has 0 aromatic rings. The predicted octanol–water partition coefficient (Wildman–Crippen LogP) is 0.0609. The van der Waals surface area contributed by atoms with E-state index in [1.165, 1.54) is 0 Å². The van der Waals surface area contributed by atoms with Crippen LogP contribution in [0.15, 0.2) is 0 Å². The van der Waals surface area contributed by atoms with Gasteiger partial charge < -0.3 is 0 Å². The van der Waals surface area contributed by atoms with Gasteiger partial charge in [-0.2, -0.15) is 0 Å². The predicted molar refractivity (Wildman–Crippen MR) is 31.1 cm³/mol. The van der Waals surface area contributed by atoms with Gasteiger partial charge in [0.2, 0.25) is 0 Å². The van der Waals surface area contributed by atoms with Crippen LogP contribution in [0.3, 0.4) is 0 Å². The minimum Gasteiger partial charge on any atom is -0.271 e. The molecule has 0 bridgehead atoms. The highest BCUT2D eigenvalue weighted by atomic mass is 31.0. The van der Waals surface area contributed by atoms with Crippen molar-refractivity contribution in [3.8, 4) is 0 Å². The zero-order valence-electron chi connectivity index (χ0n) is 4.15. The lowest BCUT2D eigenvalue weighted by Crippen LogP contribution is -2.38. The van der Waals surface area contributed by atoms with Crippen molar-refractivity contribution in [2.24, 2.45) is 5.84 Å². The molecule has 2 nitrogen and oxygen atoms in total. The normalized spacial score (nSPS) is 12.0. The molecule has 3 N–H and O–H groups in total. The van der Waals surface area contributed by atoms with E-state index in [1.54, 1.807) is 0 Å². The fourth-order valence-corrected chi connectivity index (χ4v) is 0. The van der Waals surface area contributed by atoms with E-state index in [4.69, 9.17) is 5.84 Å². The van der Waals surface area contributed by atoms with Gasteiger partial charge in [0.15, 0.2) is 0 Å². The summed E-state index contributed by atoms with van der Waals surface area (Å²) >= 11 is 0. The van der Waals surface area contributed by atoms with Crippen molar-refractivity contribution in [1.29, 1.82) is 0 Å². The Kier molecular flexibility index (Phi) is 1.98. The molecule has 0 aromatic heterocycles. The summed E-state index contributed by atoms with van der Waals surface area (Å²) in [4.78, 5) is 0. The van der Waals surface area contributed by atoms with Crippen LogP contribution >= 0.6 is 9.24 Å². The van der Waals surface area contributed by atoms with Gasteiger partial charge in [-0.25, -0.2) is 0 Å². The van der Waals surface area contributed by atoms with Crippen molar-refractivity contribution in [2.75, 3.05) is 0 Å². The summed E-state index contributed by atoms with van der Waals surface area (Å²) in [5.41, 5.74) is 2.57. The van der Waals surface area contributed by atoms with E-state index in [2.05, 4.69) is 14.7 Å². The van der Waals surface area contributed by atoms with Gasteiger partial charge in [-0.05, 0) is 13.8 Å². The van der Waals surface area contributed by atoms with Crippen molar-refractivity contribution < 1.29 is 0 Å². The second-order valence-corrected chi connectivity index (χ2v) is 3.31. The second-order valence-electron chi connectivity index (χ2n) is 1.87. The second kappa shape index (κ2) is 1.87. The molecule has 6 heavy (non-hydrogen) atoms. The van der Waals surface area contributed by atoms with Crippen LogP contribution in [0.1, 0.15) is 13.8 Å². The molecule has 0 heterocycles. The Bertz CT molecular complexity index is 38.5. The van der Waals surface area contributed by atoms with Crippen molar-refractivity contribution in [3.63, 3.8) is 0 Å². The zero-order valence-corrected chi connectivity index (χ0v) is 5.31. The van der Waals surface area contributed by atoms with Gasteiger partial charge in [-0.15, -0.1) is 9.24 Å². The number of rotatable bonds is 1. The molecular formula is C3H11N2P. The van der Waals surface area contributed by atoms with E-state index >= 15 is 0 Å². The first-order valence-corrected chi connectivity index (χ1v) is 2.40. The maximum absolute atomic E-state index is 5.03. The summed E-state index contributed by atoms with van der Waals surface area (Å²) in [5.74, 6) is 5.03. The highest BCUT2D eigenvalue weighted by molar-refractivity contribution is 7.18.